The predicted molar refractivity (Wildman–Crippen MR) is 55.9 cm³/mol. The van der Waals surface area contributed by atoms with E-state index >= 15 is 0 Å². The molecular formula is C11H23NO. The third-order valence-corrected chi connectivity index (χ3v) is 3.03. The molecule has 1 aliphatic rings. The first kappa shape index (κ1) is 11.0. The molecule has 0 amide bonds. The van der Waals surface area contributed by atoms with Crippen LogP contribution in [-0.4, -0.2) is 25.8 Å². The van der Waals surface area contributed by atoms with E-state index in [2.05, 4.69) is 19.2 Å². The lowest BCUT2D eigenvalue weighted by Gasteiger charge is -2.21. The number of ether oxygens (including phenoxy) is 1. The van der Waals surface area contributed by atoms with Crippen molar-refractivity contribution in [1.82, 2.24) is 5.32 Å². The largest absolute Gasteiger partial charge is 0.383 e. The Balaban J connectivity index is 2.21. The van der Waals surface area contributed by atoms with Gasteiger partial charge in [-0.3, -0.25) is 0 Å². The summed E-state index contributed by atoms with van der Waals surface area (Å²) in [5, 5.41) is 3.67. The van der Waals surface area contributed by atoms with Crippen LogP contribution < -0.4 is 5.32 Å². The highest BCUT2D eigenvalue weighted by atomic mass is 16.5. The molecule has 1 aliphatic carbocycles. The molecule has 0 bridgehead atoms. The van der Waals surface area contributed by atoms with Crippen molar-refractivity contribution in [2.45, 2.75) is 51.6 Å². The van der Waals surface area contributed by atoms with Gasteiger partial charge < -0.3 is 10.1 Å². The molecule has 13 heavy (non-hydrogen) atoms. The van der Waals surface area contributed by atoms with E-state index in [4.69, 9.17) is 4.74 Å². The first-order valence-electron chi connectivity index (χ1n) is 5.51. The van der Waals surface area contributed by atoms with Crippen LogP contribution in [0.3, 0.4) is 0 Å². The Morgan fingerprint density at radius 2 is 2.23 bits per heavy atom. The van der Waals surface area contributed by atoms with Gasteiger partial charge in [0.15, 0.2) is 0 Å². The molecule has 0 spiro atoms. The van der Waals surface area contributed by atoms with Crippen LogP contribution in [0.5, 0.6) is 0 Å². The van der Waals surface area contributed by atoms with E-state index in [1.165, 1.54) is 25.7 Å². The quantitative estimate of drug-likeness (QED) is 0.709. The van der Waals surface area contributed by atoms with Crippen LogP contribution in [0.2, 0.25) is 0 Å². The van der Waals surface area contributed by atoms with Crippen molar-refractivity contribution in [1.29, 1.82) is 0 Å². The highest BCUT2D eigenvalue weighted by Crippen LogP contribution is 2.25. The highest BCUT2D eigenvalue weighted by Gasteiger charge is 2.22. The van der Waals surface area contributed by atoms with Crippen LogP contribution >= 0.6 is 0 Å². The molecule has 0 saturated heterocycles. The Morgan fingerprint density at radius 1 is 1.46 bits per heavy atom. The minimum atomic E-state index is 0.556. The predicted octanol–water partition coefficient (Wildman–Crippen LogP) is 2.19. The SMILES string of the molecule is CC[C@@H](COC)N[C@H]1CC[C@H](C)C1. The zero-order valence-electron chi connectivity index (χ0n) is 9.18. The molecule has 0 radical (unpaired) electrons. The van der Waals surface area contributed by atoms with Gasteiger partial charge in [0.05, 0.1) is 6.61 Å². The average Bonchev–Trinajstić information content (AvgIpc) is 2.50. The van der Waals surface area contributed by atoms with Crippen LogP contribution in [-0.2, 0) is 4.74 Å². The fourth-order valence-electron chi connectivity index (χ4n) is 2.18. The van der Waals surface area contributed by atoms with Gasteiger partial charge in [0.2, 0.25) is 0 Å². The van der Waals surface area contributed by atoms with Crippen molar-refractivity contribution in [2.24, 2.45) is 5.92 Å². The lowest BCUT2D eigenvalue weighted by molar-refractivity contribution is 0.158. The molecule has 3 atom stereocenters. The van der Waals surface area contributed by atoms with Crippen molar-refractivity contribution in [3.63, 3.8) is 0 Å². The maximum Gasteiger partial charge on any atom is 0.0615 e. The van der Waals surface area contributed by atoms with Crippen LogP contribution in [0.1, 0.15) is 39.5 Å². The lowest BCUT2D eigenvalue weighted by atomic mass is 10.1. The zero-order valence-corrected chi connectivity index (χ0v) is 9.18. The van der Waals surface area contributed by atoms with Gasteiger partial charge in [0.1, 0.15) is 0 Å². The van der Waals surface area contributed by atoms with Crippen molar-refractivity contribution < 1.29 is 4.74 Å². The molecule has 1 saturated carbocycles. The van der Waals surface area contributed by atoms with Gasteiger partial charge in [-0.05, 0) is 31.6 Å². The topological polar surface area (TPSA) is 21.3 Å². The summed E-state index contributed by atoms with van der Waals surface area (Å²) in [5.74, 6) is 0.914. The van der Waals surface area contributed by atoms with E-state index in [1.54, 1.807) is 7.11 Å². The molecule has 0 aliphatic heterocycles. The molecule has 2 nitrogen and oxygen atoms in total. The summed E-state index contributed by atoms with van der Waals surface area (Å²) in [4.78, 5) is 0. The second-order valence-corrected chi connectivity index (χ2v) is 4.34. The van der Waals surface area contributed by atoms with Crippen molar-refractivity contribution in [3.05, 3.63) is 0 Å². The Hall–Kier alpha value is -0.0800. The third-order valence-electron chi connectivity index (χ3n) is 3.03. The normalized spacial score (nSPS) is 30.7. The van der Waals surface area contributed by atoms with Gasteiger partial charge in [0.25, 0.3) is 0 Å². The summed E-state index contributed by atoms with van der Waals surface area (Å²) in [6, 6.07) is 1.30. The van der Waals surface area contributed by atoms with Gasteiger partial charge in [-0.15, -0.1) is 0 Å². The average molecular weight is 185 g/mol. The second-order valence-electron chi connectivity index (χ2n) is 4.34. The van der Waals surface area contributed by atoms with E-state index in [-0.39, 0.29) is 0 Å². The van der Waals surface area contributed by atoms with Crippen molar-refractivity contribution in [2.75, 3.05) is 13.7 Å². The minimum absolute atomic E-state index is 0.556. The number of hydrogen-bond donors (Lipinski definition) is 1. The number of nitrogens with one attached hydrogen (secondary N) is 1. The molecule has 2 heteroatoms. The molecule has 1 fully saturated rings. The summed E-state index contributed by atoms with van der Waals surface area (Å²) in [7, 11) is 1.78. The molecular weight excluding hydrogens is 162 g/mol. The number of rotatable bonds is 5. The maximum absolute atomic E-state index is 5.17. The molecule has 0 heterocycles. The highest BCUT2D eigenvalue weighted by molar-refractivity contribution is 4.81. The summed E-state index contributed by atoms with van der Waals surface area (Å²) in [6.07, 6.45) is 5.25. The Kier molecular flexibility index (Phi) is 4.74. The molecule has 0 aromatic rings. The van der Waals surface area contributed by atoms with Crippen molar-refractivity contribution >= 4 is 0 Å². The summed E-state index contributed by atoms with van der Waals surface area (Å²) >= 11 is 0. The van der Waals surface area contributed by atoms with E-state index < -0.39 is 0 Å². The fourth-order valence-corrected chi connectivity index (χ4v) is 2.18. The van der Waals surface area contributed by atoms with Crippen LogP contribution in [0.4, 0.5) is 0 Å². The standard InChI is InChI=1S/C11H23NO/c1-4-10(8-13-3)12-11-6-5-9(2)7-11/h9-12H,4-8H2,1-3H3/t9-,10-,11-/m0/s1. The number of methoxy groups -OCH3 is 1. The van der Waals surface area contributed by atoms with Crippen molar-refractivity contribution in [3.8, 4) is 0 Å². The van der Waals surface area contributed by atoms with Gasteiger partial charge >= 0.3 is 0 Å². The molecule has 0 unspecified atom stereocenters. The maximum atomic E-state index is 5.17. The monoisotopic (exact) mass is 185 g/mol. The summed E-state index contributed by atoms with van der Waals surface area (Å²) in [6.45, 7) is 5.41. The first-order valence-corrected chi connectivity index (χ1v) is 5.51. The summed E-state index contributed by atoms with van der Waals surface area (Å²) < 4.78 is 5.17. The first-order chi connectivity index (χ1) is 6.26. The minimum Gasteiger partial charge on any atom is -0.383 e. The van der Waals surface area contributed by atoms with E-state index in [0.29, 0.717) is 6.04 Å². The lowest BCUT2D eigenvalue weighted by Crippen LogP contribution is -2.39. The van der Waals surface area contributed by atoms with Crippen LogP contribution in [0, 0.1) is 5.92 Å². The van der Waals surface area contributed by atoms with Gasteiger partial charge in [-0.25, -0.2) is 0 Å². The number of hydrogen-bond acceptors (Lipinski definition) is 2. The van der Waals surface area contributed by atoms with Gasteiger partial charge in [-0.2, -0.15) is 0 Å². The Labute approximate surface area is 82.0 Å². The molecule has 0 aromatic heterocycles. The smallest absolute Gasteiger partial charge is 0.0615 e. The van der Waals surface area contributed by atoms with Gasteiger partial charge in [-0.1, -0.05) is 13.8 Å². The Bertz CT molecular complexity index is 136. The second kappa shape index (κ2) is 5.61. The fraction of sp³-hybridized carbons (Fsp3) is 1.00. The molecule has 0 aromatic carbocycles. The van der Waals surface area contributed by atoms with Gasteiger partial charge in [0, 0.05) is 19.2 Å². The van der Waals surface area contributed by atoms with E-state index in [9.17, 15) is 0 Å². The molecule has 1 N–H and O–H groups in total. The van der Waals surface area contributed by atoms with Crippen LogP contribution in [0.15, 0.2) is 0 Å². The van der Waals surface area contributed by atoms with E-state index in [0.717, 1.165) is 18.6 Å². The molecule has 1 rings (SSSR count). The van der Waals surface area contributed by atoms with E-state index in [1.807, 2.05) is 0 Å². The Morgan fingerprint density at radius 3 is 2.69 bits per heavy atom. The molecule has 78 valence electrons. The van der Waals surface area contributed by atoms with Crippen LogP contribution in [0.25, 0.3) is 0 Å². The summed E-state index contributed by atoms with van der Waals surface area (Å²) in [5.41, 5.74) is 0. The third kappa shape index (κ3) is 3.65. The zero-order chi connectivity index (χ0) is 9.68.